The maximum absolute atomic E-state index is 13.4. The molecule has 1 saturated carbocycles. The Kier molecular flexibility index (Phi) is 5.25. The zero-order valence-electron chi connectivity index (χ0n) is 12.5. The molecular formula is C17H25BrFN. The van der Waals surface area contributed by atoms with E-state index < -0.39 is 0 Å². The standard InChI is InChI=1S/C17H25BrFN/c1-12(2)8-13-4-3-7-17(20,10-13)11-14-9-15(19)5-6-16(14)18/h5-6,9,12-13H,3-4,7-8,10-11,20H2,1-2H3. The van der Waals surface area contributed by atoms with Crippen molar-refractivity contribution in [2.24, 2.45) is 17.6 Å². The summed E-state index contributed by atoms with van der Waals surface area (Å²) in [5, 5.41) is 0. The van der Waals surface area contributed by atoms with Crippen LogP contribution in [0.2, 0.25) is 0 Å². The Morgan fingerprint density at radius 3 is 2.90 bits per heavy atom. The Bertz CT molecular complexity index is 460. The van der Waals surface area contributed by atoms with Crippen LogP contribution in [-0.2, 0) is 6.42 Å². The molecule has 1 fully saturated rings. The van der Waals surface area contributed by atoms with Crippen LogP contribution in [0.4, 0.5) is 4.39 Å². The average Bonchev–Trinajstić information content (AvgIpc) is 2.32. The van der Waals surface area contributed by atoms with Gasteiger partial charge in [-0.25, -0.2) is 4.39 Å². The summed E-state index contributed by atoms with van der Waals surface area (Å²) < 4.78 is 14.4. The Morgan fingerprint density at radius 2 is 2.20 bits per heavy atom. The van der Waals surface area contributed by atoms with Gasteiger partial charge in [0, 0.05) is 10.0 Å². The lowest BCUT2D eigenvalue weighted by molar-refractivity contribution is 0.200. The zero-order chi connectivity index (χ0) is 14.8. The summed E-state index contributed by atoms with van der Waals surface area (Å²) in [5.41, 5.74) is 7.46. The van der Waals surface area contributed by atoms with Crippen molar-refractivity contribution < 1.29 is 4.39 Å². The fourth-order valence-electron chi connectivity index (χ4n) is 3.61. The molecule has 1 aromatic rings. The zero-order valence-corrected chi connectivity index (χ0v) is 14.0. The molecule has 1 nitrogen and oxygen atoms in total. The SMILES string of the molecule is CC(C)CC1CCCC(N)(Cc2cc(F)ccc2Br)C1. The van der Waals surface area contributed by atoms with Crippen LogP contribution in [0.1, 0.15) is 51.5 Å². The van der Waals surface area contributed by atoms with Crippen molar-refractivity contribution in [3.05, 3.63) is 34.1 Å². The number of nitrogens with two attached hydrogens (primary N) is 1. The molecule has 0 aromatic heterocycles. The van der Waals surface area contributed by atoms with Crippen LogP contribution in [0.5, 0.6) is 0 Å². The highest BCUT2D eigenvalue weighted by atomic mass is 79.9. The Labute approximate surface area is 130 Å². The highest BCUT2D eigenvalue weighted by molar-refractivity contribution is 9.10. The molecule has 2 N–H and O–H groups in total. The third kappa shape index (κ3) is 4.29. The second-order valence-electron chi connectivity index (χ2n) is 6.87. The van der Waals surface area contributed by atoms with E-state index in [4.69, 9.17) is 5.73 Å². The van der Waals surface area contributed by atoms with Crippen LogP contribution < -0.4 is 5.73 Å². The van der Waals surface area contributed by atoms with Crippen molar-refractivity contribution in [1.29, 1.82) is 0 Å². The molecule has 2 atom stereocenters. The number of hydrogen-bond donors (Lipinski definition) is 1. The van der Waals surface area contributed by atoms with Crippen LogP contribution in [0.25, 0.3) is 0 Å². The summed E-state index contributed by atoms with van der Waals surface area (Å²) in [6, 6.07) is 4.88. The van der Waals surface area contributed by atoms with Gasteiger partial charge in [-0.05, 0) is 61.3 Å². The number of hydrogen-bond acceptors (Lipinski definition) is 1. The average molecular weight is 342 g/mol. The van der Waals surface area contributed by atoms with Crippen molar-refractivity contribution in [1.82, 2.24) is 0 Å². The number of halogens is 2. The van der Waals surface area contributed by atoms with Crippen molar-refractivity contribution >= 4 is 15.9 Å². The van der Waals surface area contributed by atoms with Gasteiger partial charge < -0.3 is 5.73 Å². The Balaban J connectivity index is 2.08. The van der Waals surface area contributed by atoms with E-state index in [9.17, 15) is 4.39 Å². The predicted octanol–water partition coefficient (Wildman–Crippen LogP) is 5.06. The predicted molar refractivity (Wildman–Crippen MR) is 86.1 cm³/mol. The summed E-state index contributed by atoms with van der Waals surface area (Å²) in [6.07, 6.45) is 6.62. The monoisotopic (exact) mass is 341 g/mol. The highest BCUT2D eigenvalue weighted by Crippen LogP contribution is 2.37. The molecule has 1 aromatic carbocycles. The van der Waals surface area contributed by atoms with Crippen LogP contribution in [0, 0.1) is 17.7 Å². The van der Waals surface area contributed by atoms with Gasteiger partial charge in [0.1, 0.15) is 5.82 Å². The Morgan fingerprint density at radius 1 is 1.45 bits per heavy atom. The third-order valence-electron chi connectivity index (χ3n) is 4.34. The van der Waals surface area contributed by atoms with Gasteiger partial charge in [-0.3, -0.25) is 0 Å². The molecule has 0 bridgehead atoms. The normalized spacial score (nSPS) is 27.0. The first-order valence-corrected chi connectivity index (χ1v) is 8.40. The van der Waals surface area contributed by atoms with Crippen LogP contribution >= 0.6 is 15.9 Å². The minimum atomic E-state index is -0.179. The van der Waals surface area contributed by atoms with E-state index in [0.29, 0.717) is 0 Å². The summed E-state index contributed by atoms with van der Waals surface area (Å²) in [7, 11) is 0. The smallest absolute Gasteiger partial charge is 0.123 e. The van der Waals surface area contributed by atoms with Gasteiger partial charge in [-0.2, -0.15) is 0 Å². The highest BCUT2D eigenvalue weighted by Gasteiger charge is 2.33. The molecule has 1 aliphatic rings. The number of rotatable bonds is 4. The molecule has 0 radical (unpaired) electrons. The minimum Gasteiger partial charge on any atom is -0.325 e. The van der Waals surface area contributed by atoms with Crippen molar-refractivity contribution in [2.45, 2.75) is 57.9 Å². The minimum absolute atomic E-state index is 0.173. The second kappa shape index (κ2) is 6.57. The maximum atomic E-state index is 13.4. The lowest BCUT2D eigenvalue weighted by Gasteiger charge is -2.39. The molecule has 2 rings (SSSR count). The lowest BCUT2D eigenvalue weighted by atomic mass is 9.71. The fourth-order valence-corrected chi connectivity index (χ4v) is 4.00. The maximum Gasteiger partial charge on any atom is 0.123 e. The van der Waals surface area contributed by atoms with Gasteiger partial charge >= 0.3 is 0 Å². The summed E-state index contributed by atoms with van der Waals surface area (Å²) in [4.78, 5) is 0. The van der Waals surface area contributed by atoms with E-state index in [1.54, 1.807) is 12.1 Å². The van der Waals surface area contributed by atoms with E-state index >= 15 is 0 Å². The van der Waals surface area contributed by atoms with Crippen molar-refractivity contribution in [3.63, 3.8) is 0 Å². The molecule has 3 heteroatoms. The first-order chi connectivity index (χ1) is 9.38. The summed E-state index contributed by atoms with van der Waals surface area (Å²) in [6.45, 7) is 4.55. The summed E-state index contributed by atoms with van der Waals surface area (Å²) >= 11 is 3.51. The largest absolute Gasteiger partial charge is 0.325 e. The van der Waals surface area contributed by atoms with Gasteiger partial charge in [-0.15, -0.1) is 0 Å². The van der Waals surface area contributed by atoms with Gasteiger partial charge in [0.25, 0.3) is 0 Å². The Hall–Kier alpha value is -0.410. The number of benzene rings is 1. The van der Waals surface area contributed by atoms with E-state index in [1.807, 2.05) is 0 Å². The van der Waals surface area contributed by atoms with Gasteiger partial charge in [0.15, 0.2) is 0 Å². The molecule has 0 saturated heterocycles. The topological polar surface area (TPSA) is 26.0 Å². The van der Waals surface area contributed by atoms with E-state index in [2.05, 4.69) is 29.8 Å². The van der Waals surface area contributed by atoms with E-state index in [0.717, 1.165) is 41.1 Å². The molecular weight excluding hydrogens is 317 g/mol. The van der Waals surface area contributed by atoms with E-state index in [1.165, 1.54) is 25.3 Å². The third-order valence-corrected chi connectivity index (χ3v) is 5.11. The molecule has 2 unspecified atom stereocenters. The molecule has 20 heavy (non-hydrogen) atoms. The van der Waals surface area contributed by atoms with Crippen LogP contribution in [0.15, 0.2) is 22.7 Å². The first kappa shape index (κ1) is 16.0. The van der Waals surface area contributed by atoms with Crippen LogP contribution in [0.3, 0.4) is 0 Å². The lowest BCUT2D eigenvalue weighted by Crippen LogP contribution is -2.46. The first-order valence-electron chi connectivity index (χ1n) is 7.61. The molecule has 0 aliphatic heterocycles. The molecule has 0 amide bonds. The van der Waals surface area contributed by atoms with Crippen molar-refractivity contribution in [3.8, 4) is 0 Å². The quantitative estimate of drug-likeness (QED) is 0.813. The summed E-state index contributed by atoms with van der Waals surface area (Å²) in [5.74, 6) is 1.27. The van der Waals surface area contributed by atoms with Crippen molar-refractivity contribution in [2.75, 3.05) is 0 Å². The van der Waals surface area contributed by atoms with E-state index in [-0.39, 0.29) is 11.4 Å². The second-order valence-corrected chi connectivity index (χ2v) is 7.72. The molecule has 0 spiro atoms. The molecule has 1 aliphatic carbocycles. The molecule has 112 valence electrons. The van der Waals surface area contributed by atoms with Crippen LogP contribution in [-0.4, -0.2) is 5.54 Å². The molecule has 0 heterocycles. The van der Waals surface area contributed by atoms with Gasteiger partial charge in [0.2, 0.25) is 0 Å². The van der Waals surface area contributed by atoms with Gasteiger partial charge in [0.05, 0.1) is 0 Å². The van der Waals surface area contributed by atoms with Gasteiger partial charge in [-0.1, -0.05) is 42.6 Å². The fraction of sp³-hybridized carbons (Fsp3) is 0.647.